The largest absolute Gasteiger partial charge is 0.480 e. The highest BCUT2D eigenvalue weighted by atomic mass is 16.6. The summed E-state index contributed by atoms with van der Waals surface area (Å²) >= 11 is 0. The van der Waals surface area contributed by atoms with Crippen LogP contribution in [0.25, 0.3) is 0 Å². The van der Waals surface area contributed by atoms with Gasteiger partial charge in [-0.05, 0) is 177 Å². The minimum absolute atomic E-state index is 0.0144. The Morgan fingerprint density at radius 2 is 0.589 bits per heavy atom. The molecular weight excluding hydrogens is 1610 g/mol. The zero-order valence-electron chi connectivity index (χ0n) is 73.8. The van der Waals surface area contributed by atoms with Crippen LogP contribution in [0.4, 0.5) is 24.0 Å². The summed E-state index contributed by atoms with van der Waals surface area (Å²) in [7, 11) is 0. The van der Waals surface area contributed by atoms with Crippen LogP contribution in [0.5, 0.6) is 0 Å². The van der Waals surface area contributed by atoms with Crippen molar-refractivity contribution in [2.24, 2.45) is 11.5 Å². The second kappa shape index (κ2) is 51.2. The summed E-state index contributed by atoms with van der Waals surface area (Å²) in [5.41, 5.74) is 11.9. The lowest BCUT2D eigenvalue weighted by Crippen LogP contribution is -2.45. The molecule has 3 aromatic rings. The number of ketones is 1. The maximum atomic E-state index is 12.4. The van der Waals surface area contributed by atoms with Crippen LogP contribution >= 0.6 is 0 Å². The van der Waals surface area contributed by atoms with Crippen LogP contribution in [0.15, 0.2) is 72.8 Å². The maximum Gasteiger partial charge on any atom is 0.411 e. The van der Waals surface area contributed by atoms with E-state index in [1.165, 1.54) is 24.5 Å². The molecule has 0 aromatic heterocycles. The number of nitrogen functional groups attached to an aromatic ring is 1. The van der Waals surface area contributed by atoms with Crippen LogP contribution in [0.3, 0.4) is 0 Å². The standard InChI is InChI=1S/C19H23N3O5.C18H22N4O5.C18H19N3O5.C10H16N2O4.C10H13NO5.6C2H6/c1-12(20)13-2-4-14(5-3-13)17(25)21-15-6-8-19(9-7-15)11-22(10-16(23)24)18(26)27-19;19-15(20)11-1-3-12(4-2-11)16(25)21-13-5-7-18(8-6-13)10-22(9-14(23)24)17(26)27-18;19-9-12-1-3-13(4-2-12)16(24)20-14-5-7-18(8-6-14)11-21(10-15(22)23)17(25)26-18;11-7-1-3-10(4-2-7)6-12(5-8(13)14)9(15)16-10;12-7-1-3-10(4-2-7)6-11(5-8(13)14)9(15)16-10;6*1-2/h2-5,15,20H,6-11H2,1H3,(H,21,25)(H,23,24);1-4,13H,5-10H2,(H3,19,20)(H,21,25)(H,23,24);1-4,14H,5-8,10-11H2,(H,20,24)(H,22,23);7H,1-6,11H2,(H,13,14);1-6H2,(H,13,14);6*1-2H3. The van der Waals surface area contributed by atoms with Crippen molar-refractivity contribution in [2.45, 2.75) is 271 Å². The highest BCUT2D eigenvalue weighted by Crippen LogP contribution is 2.42. The van der Waals surface area contributed by atoms with Crippen molar-refractivity contribution in [3.8, 4) is 6.07 Å². The Morgan fingerprint density at radius 1 is 0.379 bits per heavy atom. The van der Waals surface area contributed by atoms with Crippen LogP contribution in [-0.2, 0) is 52.5 Å². The molecule has 5 spiro atoms. The second-order valence-corrected chi connectivity index (χ2v) is 30.0. The SMILES string of the molecule is CC.CC.CC.CC.CC.CC.CC(=N)c1ccc(C(=O)NC2CCC3(CC2)CN(CC(=O)O)C(=O)O3)cc1.N#Cc1ccc(C(=O)NC2CCC3(CC2)CN(CC(=O)O)C(=O)O3)cc1.N=C(N)c1ccc(C(=O)NC2CCC3(CC2)CN(CC(=O)O)C(=O)O3)cc1.NC1CCC2(CC1)CN(CC(=O)O)C(=O)O2.O=C(O)CN1CC2(CCC(=O)CC2)OC1=O. The van der Waals surface area contributed by atoms with Crippen LogP contribution < -0.4 is 27.4 Å². The molecule has 37 nitrogen and oxygen atoms in total. The summed E-state index contributed by atoms with van der Waals surface area (Å²) in [6, 6.07) is 21.9. The Bertz CT molecular complexity index is 4000. The molecule has 5 aliphatic heterocycles. The summed E-state index contributed by atoms with van der Waals surface area (Å²) in [5.74, 6) is -5.71. The highest BCUT2D eigenvalue weighted by molar-refractivity contribution is 6.00. The Morgan fingerprint density at radius 3 is 0.806 bits per heavy atom. The molecule has 5 aliphatic carbocycles. The Balaban J connectivity index is 0.000000393. The molecule has 124 heavy (non-hydrogen) atoms. The van der Waals surface area contributed by atoms with E-state index in [1.54, 1.807) is 79.7 Å². The number of ether oxygens (including phenoxy) is 5. The van der Waals surface area contributed by atoms with Gasteiger partial charge in [-0.15, -0.1) is 0 Å². The van der Waals surface area contributed by atoms with Crippen molar-refractivity contribution in [3.05, 3.63) is 106 Å². The summed E-state index contributed by atoms with van der Waals surface area (Å²) in [4.78, 5) is 166. The number of nitrogens with zero attached hydrogens (tertiary/aromatic N) is 6. The number of Topliss-reactive ketones (excluding diaryl/α,β-unsaturated/α-hetero) is 1. The lowest BCUT2D eigenvalue weighted by molar-refractivity contribution is -0.138. The number of nitriles is 1. The number of carbonyl (C=O) groups excluding carboxylic acids is 9. The topological polar surface area (TPSA) is 562 Å². The predicted molar refractivity (Wildman–Crippen MR) is 457 cm³/mol. The fourth-order valence-electron chi connectivity index (χ4n) is 15.4. The first-order chi connectivity index (χ1) is 59.0. The summed E-state index contributed by atoms with van der Waals surface area (Å²) in [5, 5.41) is 76.5. The number of carboxylic acids is 5. The van der Waals surface area contributed by atoms with E-state index < -0.39 is 88.3 Å². The number of carbonyl (C=O) groups is 14. The molecule has 686 valence electrons. The first-order valence-electron chi connectivity index (χ1n) is 42.8. The molecule has 0 bridgehead atoms. The van der Waals surface area contributed by atoms with Gasteiger partial charge in [0, 0.05) is 65.0 Å². The Labute approximate surface area is 724 Å². The number of carboxylic acid groups (broad SMARTS) is 5. The molecule has 3 aromatic carbocycles. The molecule has 0 radical (unpaired) electrons. The van der Waals surface area contributed by atoms with E-state index in [0.717, 1.165) is 31.2 Å². The van der Waals surface area contributed by atoms with Crippen LogP contribution in [0, 0.1) is 22.1 Å². The number of aliphatic carboxylic acids is 5. The monoisotopic (exact) mass is 1740 g/mol. The third kappa shape index (κ3) is 32.0. The molecule has 8 amide bonds. The fraction of sp³-hybridized carbons (Fsp3) is 0.598. The minimum Gasteiger partial charge on any atom is -0.480 e. The number of amidine groups is 1. The Kier molecular flexibility index (Phi) is 43.9. The third-order valence-corrected chi connectivity index (χ3v) is 21.5. The van der Waals surface area contributed by atoms with Gasteiger partial charge in [0.2, 0.25) is 0 Å². The van der Waals surface area contributed by atoms with Gasteiger partial charge in [0.05, 0.1) is 44.4 Å². The zero-order valence-corrected chi connectivity index (χ0v) is 73.8. The highest BCUT2D eigenvalue weighted by Gasteiger charge is 2.53. The molecule has 0 unspecified atom stereocenters. The molecule has 5 heterocycles. The van der Waals surface area contributed by atoms with Crippen molar-refractivity contribution < 1.29 is 116 Å². The van der Waals surface area contributed by atoms with E-state index in [1.807, 2.05) is 89.2 Å². The molecule has 5 saturated heterocycles. The summed E-state index contributed by atoms with van der Waals surface area (Å²) < 4.78 is 26.9. The molecular formula is C87H129N13O24. The molecule has 10 fully saturated rings. The Hall–Kier alpha value is -12.0. The third-order valence-electron chi connectivity index (χ3n) is 21.5. The normalized spacial score (nSPS) is 23.6. The van der Waals surface area contributed by atoms with Crippen molar-refractivity contribution >= 4 is 95.4 Å². The quantitative estimate of drug-likeness (QED) is 0.0320. The van der Waals surface area contributed by atoms with Gasteiger partial charge in [0.1, 0.15) is 72.3 Å². The number of amides is 8. The van der Waals surface area contributed by atoms with E-state index in [2.05, 4.69) is 16.0 Å². The number of nitrogens with one attached hydrogen (secondary N) is 5. The van der Waals surface area contributed by atoms with Crippen molar-refractivity contribution in [3.63, 3.8) is 0 Å². The molecule has 5 saturated carbocycles. The number of rotatable bonds is 18. The average molecular weight is 1740 g/mol. The predicted octanol–water partition coefficient (Wildman–Crippen LogP) is 11.2. The van der Waals surface area contributed by atoms with E-state index >= 15 is 0 Å². The van der Waals surface area contributed by atoms with Crippen molar-refractivity contribution in [1.82, 2.24) is 40.4 Å². The first-order valence-corrected chi connectivity index (χ1v) is 42.8. The molecule has 37 heteroatoms. The number of hydrogen-bond donors (Lipinski definition) is 12. The van der Waals surface area contributed by atoms with Gasteiger partial charge >= 0.3 is 60.3 Å². The van der Waals surface area contributed by atoms with E-state index in [9.17, 15) is 67.1 Å². The second-order valence-electron chi connectivity index (χ2n) is 30.0. The average Bonchev–Trinajstić information content (AvgIpc) is 1.65. The molecule has 0 atom stereocenters. The van der Waals surface area contributed by atoms with E-state index in [-0.39, 0.29) is 112 Å². The van der Waals surface area contributed by atoms with Gasteiger partial charge in [-0.3, -0.25) is 73.1 Å². The lowest BCUT2D eigenvalue weighted by Gasteiger charge is -2.35. The van der Waals surface area contributed by atoms with Gasteiger partial charge < -0.3 is 82.0 Å². The maximum absolute atomic E-state index is 12.4. The van der Waals surface area contributed by atoms with E-state index in [0.29, 0.717) is 143 Å². The fourth-order valence-corrected chi connectivity index (χ4v) is 15.4. The molecule has 13 rings (SSSR count). The van der Waals surface area contributed by atoms with Crippen LogP contribution in [0.1, 0.15) is 266 Å². The van der Waals surface area contributed by atoms with Gasteiger partial charge in [-0.1, -0.05) is 107 Å². The van der Waals surface area contributed by atoms with Crippen molar-refractivity contribution in [1.29, 1.82) is 16.1 Å². The van der Waals surface area contributed by atoms with Gasteiger partial charge in [0.25, 0.3) is 17.7 Å². The van der Waals surface area contributed by atoms with Gasteiger partial charge in [0.15, 0.2) is 0 Å². The van der Waals surface area contributed by atoms with E-state index in [4.69, 9.17) is 76.8 Å². The van der Waals surface area contributed by atoms with Crippen LogP contribution in [0.2, 0.25) is 0 Å². The first kappa shape index (κ1) is 106. The van der Waals surface area contributed by atoms with Crippen molar-refractivity contribution in [2.75, 3.05) is 65.4 Å². The van der Waals surface area contributed by atoms with Gasteiger partial charge in [-0.25, -0.2) is 24.0 Å². The van der Waals surface area contributed by atoms with Gasteiger partial charge in [-0.2, -0.15) is 5.26 Å². The lowest BCUT2D eigenvalue weighted by atomic mass is 9.82. The number of hydrogen-bond acceptors (Lipinski definition) is 23. The minimum atomic E-state index is -1.07. The number of benzene rings is 3. The zero-order chi connectivity index (χ0) is 93.5. The molecule has 14 N–H and O–H groups in total. The number of nitrogens with two attached hydrogens (primary N) is 2. The summed E-state index contributed by atoms with van der Waals surface area (Å²) in [6.07, 6.45) is 9.48. The molecule has 10 aliphatic rings. The summed E-state index contributed by atoms with van der Waals surface area (Å²) in [6.45, 7) is 25.5. The smallest absolute Gasteiger partial charge is 0.411 e. The van der Waals surface area contributed by atoms with Crippen LogP contribution in [-0.4, -0.2) is 263 Å².